The fourth-order valence-electron chi connectivity index (χ4n) is 1.80. The van der Waals surface area contributed by atoms with Gasteiger partial charge in [-0.1, -0.05) is 24.3 Å². The second-order valence-electron chi connectivity index (χ2n) is 4.63. The fraction of sp³-hybridized carbons (Fsp3) is 0.467. The number of aliphatic carboxylic acids is 1. The molecule has 0 aliphatic rings. The monoisotopic (exact) mass is 295 g/mol. The minimum Gasteiger partial charge on any atom is -0.480 e. The van der Waals surface area contributed by atoms with Crippen LogP contribution in [-0.2, 0) is 25.5 Å². The van der Waals surface area contributed by atoms with Crippen LogP contribution in [0.25, 0.3) is 0 Å². The van der Waals surface area contributed by atoms with Gasteiger partial charge in [0.15, 0.2) is 0 Å². The number of carbonyl (C=O) groups is 2. The molecule has 0 heterocycles. The van der Waals surface area contributed by atoms with E-state index in [9.17, 15) is 14.7 Å². The van der Waals surface area contributed by atoms with Crippen molar-refractivity contribution in [1.82, 2.24) is 5.32 Å². The highest BCUT2D eigenvalue weighted by molar-refractivity contribution is 5.84. The average molecular weight is 295 g/mol. The Morgan fingerprint density at radius 3 is 2.62 bits per heavy atom. The molecule has 0 radical (unpaired) electrons. The molecule has 0 spiro atoms. The van der Waals surface area contributed by atoms with Crippen LogP contribution in [0.3, 0.4) is 0 Å². The predicted molar refractivity (Wildman–Crippen MR) is 77.1 cm³/mol. The van der Waals surface area contributed by atoms with Gasteiger partial charge in [0.1, 0.15) is 12.6 Å². The van der Waals surface area contributed by atoms with E-state index in [2.05, 4.69) is 5.32 Å². The zero-order valence-electron chi connectivity index (χ0n) is 12.3. The predicted octanol–water partition coefficient (Wildman–Crippen LogP) is 0.770. The molecule has 116 valence electrons. The first-order valence-corrected chi connectivity index (χ1v) is 6.68. The van der Waals surface area contributed by atoms with Gasteiger partial charge in [0.05, 0.1) is 13.2 Å². The maximum Gasteiger partial charge on any atom is 0.326 e. The van der Waals surface area contributed by atoms with Crippen LogP contribution < -0.4 is 5.32 Å². The number of nitrogens with one attached hydrogen (secondary N) is 1. The van der Waals surface area contributed by atoms with Crippen LogP contribution in [0.4, 0.5) is 0 Å². The summed E-state index contributed by atoms with van der Waals surface area (Å²) in [6.07, 6.45) is 0.242. The molecule has 1 atom stereocenters. The number of amides is 1. The van der Waals surface area contributed by atoms with Gasteiger partial charge in [-0.3, -0.25) is 4.79 Å². The minimum absolute atomic E-state index is 0.180. The zero-order valence-corrected chi connectivity index (χ0v) is 12.3. The maximum atomic E-state index is 11.7. The second kappa shape index (κ2) is 9.10. The van der Waals surface area contributed by atoms with E-state index in [-0.39, 0.29) is 13.0 Å². The number of methoxy groups -OCH3 is 1. The van der Waals surface area contributed by atoms with Gasteiger partial charge in [0.2, 0.25) is 5.91 Å². The zero-order chi connectivity index (χ0) is 15.7. The normalized spacial score (nSPS) is 11.9. The summed E-state index contributed by atoms with van der Waals surface area (Å²) in [5.41, 5.74) is 1.89. The Morgan fingerprint density at radius 1 is 1.29 bits per heavy atom. The third-order valence-electron chi connectivity index (χ3n) is 2.98. The molecule has 0 saturated carbocycles. The van der Waals surface area contributed by atoms with E-state index in [4.69, 9.17) is 9.47 Å². The lowest BCUT2D eigenvalue weighted by atomic mass is 10.0. The van der Waals surface area contributed by atoms with Crippen LogP contribution >= 0.6 is 0 Å². The van der Waals surface area contributed by atoms with Gasteiger partial charge < -0.3 is 19.9 Å². The Balaban J connectivity index is 2.52. The lowest BCUT2D eigenvalue weighted by Gasteiger charge is -2.16. The van der Waals surface area contributed by atoms with Gasteiger partial charge in [-0.05, 0) is 18.1 Å². The van der Waals surface area contributed by atoms with Gasteiger partial charge in [-0.2, -0.15) is 0 Å². The van der Waals surface area contributed by atoms with E-state index in [1.165, 1.54) is 7.11 Å². The third kappa shape index (κ3) is 6.37. The van der Waals surface area contributed by atoms with E-state index in [1.54, 1.807) is 0 Å². The highest BCUT2D eigenvalue weighted by atomic mass is 16.5. The van der Waals surface area contributed by atoms with Gasteiger partial charge in [-0.25, -0.2) is 4.79 Å². The fourth-order valence-corrected chi connectivity index (χ4v) is 1.80. The smallest absolute Gasteiger partial charge is 0.326 e. The van der Waals surface area contributed by atoms with Gasteiger partial charge in [0, 0.05) is 13.5 Å². The molecule has 0 fully saturated rings. The third-order valence-corrected chi connectivity index (χ3v) is 2.98. The van der Waals surface area contributed by atoms with E-state index < -0.39 is 17.9 Å². The lowest BCUT2D eigenvalue weighted by Crippen LogP contribution is -2.44. The molecule has 0 bridgehead atoms. The second-order valence-corrected chi connectivity index (χ2v) is 4.63. The number of aryl methyl sites for hydroxylation is 1. The number of ether oxygens (including phenoxy) is 2. The summed E-state index contributed by atoms with van der Waals surface area (Å²) in [6, 6.07) is 6.52. The first-order valence-electron chi connectivity index (χ1n) is 6.68. The summed E-state index contributed by atoms with van der Waals surface area (Å²) in [7, 11) is 1.53. The Labute approximate surface area is 124 Å². The minimum atomic E-state index is -1.07. The van der Waals surface area contributed by atoms with Gasteiger partial charge in [0.25, 0.3) is 0 Å². The number of carbonyl (C=O) groups excluding carboxylic acids is 1. The van der Waals surface area contributed by atoms with Crippen molar-refractivity contribution in [1.29, 1.82) is 0 Å². The van der Waals surface area contributed by atoms with E-state index >= 15 is 0 Å². The van der Waals surface area contributed by atoms with Crippen LogP contribution in [0, 0.1) is 6.92 Å². The van der Waals surface area contributed by atoms with Crippen LogP contribution in [-0.4, -0.2) is 50.0 Å². The molecule has 1 rings (SSSR count). The van der Waals surface area contributed by atoms with E-state index in [1.807, 2.05) is 31.2 Å². The van der Waals surface area contributed by atoms with Gasteiger partial charge in [-0.15, -0.1) is 0 Å². The van der Waals surface area contributed by atoms with Gasteiger partial charge >= 0.3 is 5.97 Å². The van der Waals surface area contributed by atoms with Crippen molar-refractivity contribution < 1.29 is 24.2 Å². The number of hydrogen-bond acceptors (Lipinski definition) is 4. The summed E-state index contributed by atoms with van der Waals surface area (Å²) in [5.74, 6) is -1.52. The Kier molecular flexibility index (Phi) is 7.42. The molecule has 2 N–H and O–H groups in total. The lowest BCUT2D eigenvalue weighted by molar-refractivity contribution is -0.142. The van der Waals surface area contributed by atoms with E-state index in [0.717, 1.165) is 11.1 Å². The highest BCUT2D eigenvalue weighted by Crippen LogP contribution is 2.10. The largest absolute Gasteiger partial charge is 0.480 e. The molecule has 1 amide bonds. The summed E-state index contributed by atoms with van der Waals surface area (Å²) >= 11 is 0. The van der Waals surface area contributed by atoms with Crippen molar-refractivity contribution in [3.05, 3.63) is 35.4 Å². The number of carboxylic acids is 1. The van der Waals surface area contributed by atoms with Crippen molar-refractivity contribution >= 4 is 11.9 Å². The first-order chi connectivity index (χ1) is 10.0. The molecular weight excluding hydrogens is 274 g/mol. The van der Waals surface area contributed by atoms with Crippen LogP contribution in [0.1, 0.15) is 11.1 Å². The molecule has 6 heteroatoms. The molecule has 0 aliphatic carbocycles. The van der Waals surface area contributed by atoms with Crippen LogP contribution in [0.15, 0.2) is 24.3 Å². The Hall–Kier alpha value is -1.92. The Bertz CT molecular complexity index is 475. The quantitative estimate of drug-likeness (QED) is 0.657. The van der Waals surface area contributed by atoms with Crippen molar-refractivity contribution in [2.75, 3.05) is 26.9 Å². The summed E-state index contributed by atoms with van der Waals surface area (Å²) in [5, 5.41) is 11.7. The molecule has 0 unspecified atom stereocenters. The molecular formula is C15H21NO5. The van der Waals surface area contributed by atoms with Crippen molar-refractivity contribution in [2.45, 2.75) is 19.4 Å². The van der Waals surface area contributed by atoms with Crippen molar-refractivity contribution in [3.63, 3.8) is 0 Å². The highest BCUT2D eigenvalue weighted by Gasteiger charge is 2.20. The summed E-state index contributed by atoms with van der Waals surface area (Å²) < 4.78 is 9.84. The summed E-state index contributed by atoms with van der Waals surface area (Å²) in [6.45, 7) is 2.41. The molecule has 21 heavy (non-hydrogen) atoms. The molecule has 0 aromatic heterocycles. The topological polar surface area (TPSA) is 84.9 Å². The number of benzene rings is 1. The van der Waals surface area contributed by atoms with Crippen LogP contribution in [0.2, 0.25) is 0 Å². The standard InChI is InChI=1S/C15H21NO5/c1-11-5-3-4-6-12(11)9-13(15(18)19)16-14(17)10-21-8-7-20-2/h3-6,13H,7-10H2,1-2H3,(H,16,17)(H,18,19)/t13-/m0/s1. The summed E-state index contributed by atoms with van der Waals surface area (Å²) in [4.78, 5) is 22.9. The maximum absolute atomic E-state index is 11.7. The molecule has 0 aliphatic heterocycles. The first kappa shape index (κ1) is 17.1. The Morgan fingerprint density at radius 2 is 2.00 bits per heavy atom. The van der Waals surface area contributed by atoms with Crippen LogP contribution in [0.5, 0.6) is 0 Å². The number of rotatable bonds is 9. The molecule has 0 saturated heterocycles. The van der Waals surface area contributed by atoms with E-state index in [0.29, 0.717) is 13.2 Å². The number of carboxylic acid groups (broad SMARTS) is 1. The number of hydrogen-bond donors (Lipinski definition) is 2. The average Bonchev–Trinajstić information content (AvgIpc) is 2.45. The SMILES string of the molecule is COCCOCC(=O)N[C@@H](Cc1ccccc1C)C(=O)O. The van der Waals surface area contributed by atoms with Crippen molar-refractivity contribution in [3.8, 4) is 0 Å². The van der Waals surface area contributed by atoms with Crippen molar-refractivity contribution in [2.24, 2.45) is 0 Å². The molecule has 6 nitrogen and oxygen atoms in total. The molecule has 1 aromatic rings. The molecule has 1 aromatic carbocycles.